The summed E-state index contributed by atoms with van der Waals surface area (Å²) in [5, 5.41) is 10.3. The van der Waals surface area contributed by atoms with Gasteiger partial charge < -0.3 is 20.5 Å². The monoisotopic (exact) mass is 595 g/mol. The van der Waals surface area contributed by atoms with E-state index >= 15 is 0 Å². The third-order valence-corrected chi connectivity index (χ3v) is 8.00. The zero-order valence-electron chi connectivity index (χ0n) is 26.6. The Kier molecular flexibility index (Phi) is 8.71. The van der Waals surface area contributed by atoms with Gasteiger partial charge in [-0.1, -0.05) is 13.8 Å². The number of nitrogens with zero attached hydrogens (tertiary/aromatic N) is 5. The number of nitrogens with one attached hydrogen (secondary N) is 1. The quantitative estimate of drug-likeness (QED) is 0.169. The first kappa shape index (κ1) is 30.7. The Morgan fingerprint density at radius 3 is 2.61 bits per heavy atom. The summed E-state index contributed by atoms with van der Waals surface area (Å²) in [6, 6.07) is 12.1. The van der Waals surface area contributed by atoms with Crippen molar-refractivity contribution < 1.29 is 14.3 Å². The smallest absolute Gasteiger partial charge is 0.311 e. The zero-order chi connectivity index (χ0) is 31.6. The molecule has 0 saturated carbocycles. The Hall–Kier alpha value is -4.73. The van der Waals surface area contributed by atoms with Gasteiger partial charge in [0.05, 0.1) is 17.5 Å². The summed E-state index contributed by atoms with van der Waals surface area (Å²) >= 11 is 0. The maximum atomic E-state index is 12.6. The predicted molar refractivity (Wildman–Crippen MR) is 173 cm³/mol. The fourth-order valence-electron chi connectivity index (χ4n) is 5.47. The molecular weight excluding hydrogens is 554 g/mol. The van der Waals surface area contributed by atoms with Gasteiger partial charge in [0.2, 0.25) is 5.88 Å². The number of carbonyl (C=O) groups is 1. The Labute approximate surface area is 258 Å². The third-order valence-electron chi connectivity index (χ3n) is 8.00. The van der Waals surface area contributed by atoms with E-state index in [1.165, 1.54) is 17.5 Å². The van der Waals surface area contributed by atoms with Crippen molar-refractivity contribution >= 4 is 33.9 Å². The molecule has 0 unspecified atom stereocenters. The molecule has 0 aliphatic heterocycles. The minimum atomic E-state index is -0.694. The van der Waals surface area contributed by atoms with Crippen LogP contribution in [-0.4, -0.2) is 37.1 Å². The molecule has 0 amide bonds. The predicted octanol–water partition coefficient (Wildman–Crippen LogP) is 6.32. The summed E-state index contributed by atoms with van der Waals surface area (Å²) in [6.07, 6.45) is 3.72. The van der Waals surface area contributed by atoms with Crippen LogP contribution in [0.25, 0.3) is 16.3 Å². The maximum Gasteiger partial charge on any atom is 0.311 e. The number of esters is 1. The number of aryl methyl sites for hydroxylation is 2. The van der Waals surface area contributed by atoms with E-state index in [0.717, 1.165) is 38.8 Å². The highest BCUT2D eigenvalue weighted by Gasteiger charge is 2.31. The maximum absolute atomic E-state index is 12.6. The molecule has 3 N–H and O–H groups in total. The molecule has 230 valence electrons. The van der Waals surface area contributed by atoms with Gasteiger partial charge in [0.25, 0.3) is 0 Å². The zero-order valence-corrected chi connectivity index (χ0v) is 26.6. The summed E-state index contributed by atoms with van der Waals surface area (Å²) in [6.45, 7) is 15.3. The Bertz CT molecular complexity index is 1830. The topological polar surface area (TPSA) is 130 Å². The molecule has 5 rings (SSSR count). The third kappa shape index (κ3) is 6.44. The molecule has 4 heterocycles. The second kappa shape index (κ2) is 12.5. The first-order valence-electron chi connectivity index (χ1n) is 15.0. The van der Waals surface area contributed by atoms with Gasteiger partial charge in [0, 0.05) is 36.3 Å². The molecule has 0 bridgehead atoms. The van der Waals surface area contributed by atoms with Crippen molar-refractivity contribution in [1.29, 1.82) is 0 Å². The lowest BCUT2D eigenvalue weighted by molar-refractivity contribution is -0.153. The van der Waals surface area contributed by atoms with Gasteiger partial charge in [-0.3, -0.25) is 4.79 Å². The van der Waals surface area contributed by atoms with Gasteiger partial charge in [-0.2, -0.15) is 5.10 Å². The van der Waals surface area contributed by atoms with Gasteiger partial charge in [0.1, 0.15) is 30.3 Å². The van der Waals surface area contributed by atoms with Gasteiger partial charge in [-0.15, -0.1) is 0 Å². The van der Waals surface area contributed by atoms with E-state index in [1.54, 1.807) is 12.3 Å². The van der Waals surface area contributed by atoms with Crippen molar-refractivity contribution in [2.75, 3.05) is 17.7 Å². The lowest BCUT2D eigenvalue weighted by Crippen LogP contribution is -2.30. The Balaban J connectivity index is 1.32. The van der Waals surface area contributed by atoms with E-state index in [4.69, 9.17) is 20.3 Å². The lowest BCUT2D eigenvalue weighted by Gasteiger charge is -2.23. The molecule has 44 heavy (non-hydrogen) atoms. The minimum absolute atomic E-state index is 0.222. The highest BCUT2D eigenvalue weighted by atomic mass is 16.5. The molecule has 0 fully saturated rings. The fourth-order valence-corrected chi connectivity index (χ4v) is 5.47. The number of benzene rings is 1. The number of nitrogen functional groups attached to an aromatic ring is 1. The largest absolute Gasteiger partial charge is 0.471 e. The van der Waals surface area contributed by atoms with Crippen LogP contribution >= 0.6 is 0 Å². The molecule has 1 aromatic carbocycles. The van der Waals surface area contributed by atoms with Crippen molar-refractivity contribution in [1.82, 2.24) is 24.6 Å². The summed E-state index contributed by atoms with van der Waals surface area (Å²) in [5.74, 6) is 1.73. The van der Waals surface area contributed by atoms with Gasteiger partial charge in [-0.05, 0) is 98.5 Å². The van der Waals surface area contributed by atoms with E-state index < -0.39 is 5.41 Å². The van der Waals surface area contributed by atoms with Crippen LogP contribution in [0.1, 0.15) is 74.2 Å². The van der Waals surface area contributed by atoms with E-state index in [-0.39, 0.29) is 12.6 Å². The van der Waals surface area contributed by atoms with Gasteiger partial charge in [-0.25, -0.2) is 19.5 Å². The highest BCUT2D eigenvalue weighted by molar-refractivity contribution is 5.94. The molecule has 5 aromatic rings. The standard InChI is InChI=1S/C34H41N7O3/c1-8-43-33(42)34(6,7)16-26-13-23(20(2)3)12-25-14-24(40-41(25)26)18-44-31-15-30(38-19-39-31)37-17-29-21(4)11-28-27(22(29)5)9-10-36-32(28)35/h9-15,19-20H,8,16-18H2,1-7H3,(H2,35,36)(H,37,38,39). The molecule has 0 spiro atoms. The molecule has 0 aliphatic rings. The first-order valence-corrected chi connectivity index (χ1v) is 15.0. The van der Waals surface area contributed by atoms with E-state index in [9.17, 15) is 4.79 Å². The summed E-state index contributed by atoms with van der Waals surface area (Å²) < 4.78 is 13.3. The fraction of sp³-hybridized carbons (Fsp3) is 0.382. The summed E-state index contributed by atoms with van der Waals surface area (Å²) in [4.78, 5) is 25.6. The molecule has 0 atom stereocenters. The first-order chi connectivity index (χ1) is 21.0. The van der Waals surface area contributed by atoms with Gasteiger partial charge >= 0.3 is 5.97 Å². The summed E-state index contributed by atoms with van der Waals surface area (Å²) in [5.41, 5.74) is 12.7. The van der Waals surface area contributed by atoms with Crippen molar-refractivity contribution in [2.45, 2.75) is 74.0 Å². The second-order valence-corrected chi connectivity index (χ2v) is 12.2. The van der Waals surface area contributed by atoms with E-state index in [0.29, 0.717) is 43.0 Å². The Morgan fingerprint density at radius 2 is 1.86 bits per heavy atom. The molecule has 0 saturated heterocycles. The SMILES string of the molecule is CCOC(=O)C(C)(C)Cc1cc(C(C)C)cc2cc(COc3cc(NCc4c(C)cc5c(N)nccc5c4C)ncn3)nn12. The molecule has 4 aromatic heterocycles. The number of hydrogen-bond acceptors (Lipinski definition) is 9. The number of hydrogen-bond donors (Lipinski definition) is 2. The number of aromatic nitrogens is 5. The average molecular weight is 596 g/mol. The van der Waals surface area contributed by atoms with Crippen LogP contribution in [0.2, 0.25) is 0 Å². The number of carbonyl (C=O) groups excluding carboxylic acids is 1. The van der Waals surface area contributed by atoms with E-state index in [2.05, 4.69) is 66.2 Å². The number of ether oxygens (including phenoxy) is 2. The number of rotatable bonds is 11. The molecule has 0 radical (unpaired) electrons. The van der Waals surface area contributed by atoms with Crippen molar-refractivity contribution in [2.24, 2.45) is 5.41 Å². The lowest BCUT2D eigenvalue weighted by atomic mass is 9.87. The summed E-state index contributed by atoms with van der Waals surface area (Å²) in [7, 11) is 0. The van der Waals surface area contributed by atoms with Crippen LogP contribution in [0, 0.1) is 19.3 Å². The average Bonchev–Trinajstić information content (AvgIpc) is 3.40. The van der Waals surface area contributed by atoms with E-state index in [1.807, 2.05) is 37.4 Å². The number of nitrogens with two attached hydrogens (primary N) is 1. The highest BCUT2D eigenvalue weighted by Crippen LogP contribution is 2.30. The van der Waals surface area contributed by atoms with Gasteiger partial charge in [0.15, 0.2) is 0 Å². The number of anilines is 2. The Morgan fingerprint density at radius 1 is 1.07 bits per heavy atom. The van der Waals surface area contributed by atoms with Crippen molar-refractivity contribution in [3.05, 3.63) is 82.6 Å². The molecule has 10 heteroatoms. The van der Waals surface area contributed by atoms with Crippen LogP contribution in [-0.2, 0) is 29.1 Å². The second-order valence-electron chi connectivity index (χ2n) is 12.2. The van der Waals surface area contributed by atoms with Crippen LogP contribution in [0.15, 0.2) is 48.9 Å². The normalized spacial score (nSPS) is 11.8. The molecule has 10 nitrogen and oxygen atoms in total. The number of pyridine rings is 2. The van der Waals surface area contributed by atoms with Crippen LogP contribution < -0.4 is 15.8 Å². The minimum Gasteiger partial charge on any atom is -0.471 e. The van der Waals surface area contributed by atoms with Crippen molar-refractivity contribution in [3.8, 4) is 5.88 Å². The van der Waals surface area contributed by atoms with Crippen LogP contribution in [0.5, 0.6) is 5.88 Å². The molecular formula is C34H41N7O3. The van der Waals surface area contributed by atoms with Crippen LogP contribution in [0.3, 0.4) is 0 Å². The number of fused-ring (bicyclic) bond motifs is 2. The van der Waals surface area contributed by atoms with Crippen LogP contribution in [0.4, 0.5) is 11.6 Å². The molecule has 0 aliphatic carbocycles. The van der Waals surface area contributed by atoms with Crippen molar-refractivity contribution in [3.63, 3.8) is 0 Å².